The Hall–Kier alpha value is -0.630. The van der Waals surface area contributed by atoms with Crippen LogP contribution >= 0.6 is 27.3 Å². The van der Waals surface area contributed by atoms with Gasteiger partial charge in [0, 0.05) is 27.9 Å². The van der Waals surface area contributed by atoms with Crippen LogP contribution in [-0.2, 0) is 11.3 Å². The van der Waals surface area contributed by atoms with Crippen LogP contribution in [0.15, 0.2) is 15.9 Å². The van der Waals surface area contributed by atoms with Crippen molar-refractivity contribution in [1.82, 2.24) is 10.6 Å². The summed E-state index contributed by atoms with van der Waals surface area (Å²) in [7, 11) is 0. The maximum Gasteiger partial charge on any atom is 0.315 e. The Balaban J connectivity index is 2.00. The van der Waals surface area contributed by atoms with E-state index in [0.29, 0.717) is 26.3 Å². The van der Waals surface area contributed by atoms with Crippen molar-refractivity contribution in [1.29, 1.82) is 0 Å². The van der Waals surface area contributed by atoms with Crippen LogP contribution in [0.5, 0.6) is 0 Å². The molecular formula is C11H17BrN2O3S. The van der Waals surface area contributed by atoms with E-state index >= 15 is 0 Å². The van der Waals surface area contributed by atoms with Gasteiger partial charge in [0.25, 0.3) is 0 Å². The molecule has 0 fully saturated rings. The number of carbonyl (C=O) groups excluding carboxylic acids is 1. The topological polar surface area (TPSA) is 70.6 Å². The Kier molecular flexibility index (Phi) is 7.99. The molecule has 102 valence electrons. The molecule has 0 spiro atoms. The molecule has 0 saturated heterocycles. The zero-order valence-corrected chi connectivity index (χ0v) is 12.3. The summed E-state index contributed by atoms with van der Waals surface area (Å²) in [5.41, 5.74) is 0. The molecule has 1 rings (SSSR count). The molecule has 0 saturated carbocycles. The minimum absolute atomic E-state index is 0.0320. The van der Waals surface area contributed by atoms with Gasteiger partial charge in [-0.1, -0.05) is 0 Å². The van der Waals surface area contributed by atoms with Crippen LogP contribution < -0.4 is 10.6 Å². The first-order valence-corrected chi connectivity index (χ1v) is 7.33. The van der Waals surface area contributed by atoms with E-state index in [2.05, 4.69) is 26.6 Å². The first-order chi connectivity index (χ1) is 8.72. The molecule has 0 bridgehead atoms. The van der Waals surface area contributed by atoms with Gasteiger partial charge in [-0.05, 0) is 28.4 Å². The monoisotopic (exact) mass is 336 g/mol. The SMILES string of the molecule is O=C(NCCCOCCO)NCc1cc(Br)cs1. The van der Waals surface area contributed by atoms with Crippen molar-refractivity contribution >= 4 is 33.3 Å². The molecule has 0 aliphatic heterocycles. The number of hydrogen-bond donors (Lipinski definition) is 3. The number of carbonyl (C=O) groups is 1. The van der Waals surface area contributed by atoms with Crippen molar-refractivity contribution < 1.29 is 14.6 Å². The molecule has 0 aliphatic carbocycles. The third-order valence-electron chi connectivity index (χ3n) is 2.03. The van der Waals surface area contributed by atoms with Gasteiger partial charge in [0.1, 0.15) is 0 Å². The normalized spacial score (nSPS) is 10.3. The van der Waals surface area contributed by atoms with E-state index in [9.17, 15) is 4.79 Å². The van der Waals surface area contributed by atoms with E-state index in [1.54, 1.807) is 11.3 Å². The average molecular weight is 337 g/mol. The van der Waals surface area contributed by atoms with Crippen molar-refractivity contribution in [3.63, 3.8) is 0 Å². The number of ether oxygens (including phenoxy) is 1. The minimum Gasteiger partial charge on any atom is -0.394 e. The maximum absolute atomic E-state index is 11.4. The summed E-state index contributed by atoms with van der Waals surface area (Å²) in [5, 5.41) is 16.0. The van der Waals surface area contributed by atoms with Crippen molar-refractivity contribution in [3.05, 3.63) is 20.8 Å². The lowest BCUT2D eigenvalue weighted by Crippen LogP contribution is -2.35. The number of rotatable bonds is 8. The molecule has 0 aliphatic rings. The first-order valence-electron chi connectivity index (χ1n) is 5.65. The van der Waals surface area contributed by atoms with Crippen LogP contribution in [0.1, 0.15) is 11.3 Å². The third kappa shape index (κ3) is 6.95. The van der Waals surface area contributed by atoms with Gasteiger partial charge in [-0.15, -0.1) is 11.3 Å². The highest BCUT2D eigenvalue weighted by Crippen LogP contribution is 2.19. The molecule has 7 heteroatoms. The zero-order chi connectivity index (χ0) is 13.2. The molecule has 3 N–H and O–H groups in total. The number of aliphatic hydroxyl groups is 1. The van der Waals surface area contributed by atoms with Crippen LogP contribution in [-0.4, -0.2) is 37.5 Å². The molecule has 5 nitrogen and oxygen atoms in total. The fourth-order valence-corrected chi connectivity index (χ4v) is 2.61. The van der Waals surface area contributed by atoms with E-state index < -0.39 is 0 Å². The number of halogens is 1. The van der Waals surface area contributed by atoms with Crippen molar-refractivity contribution in [2.24, 2.45) is 0 Å². The quantitative estimate of drug-likeness (QED) is 0.633. The minimum atomic E-state index is -0.179. The van der Waals surface area contributed by atoms with Gasteiger partial charge in [0.15, 0.2) is 0 Å². The standard InChI is InChI=1S/C11H17BrN2O3S/c12-9-6-10(18-8-9)7-14-11(16)13-2-1-4-17-5-3-15/h6,8,15H,1-5,7H2,(H2,13,14,16). The van der Waals surface area contributed by atoms with Crippen molar-refractivity contribution in [2.45, 2.75) is 13.0 Å². The van der Waals surface area contributed by atoms with Gasteiger partial charge >= 0.3 is 6.03 Å². The second-order valence-corrected chi connectivity index (χ2v) is 5.44. The van der Waals surface area contributed by atoms with E-state index in [1.807, 2.05) is 11.4 Å². The number of nitrogens with one attached hydrogen (secondary N) is 2. The fraction of sp³-hybridized carbons (Fsp3) is 0.545. The van der Waals surface area contributed by atoms with Gasteiger partial charge in [0.2, 0.25) is 0 Å². The maximum atomic E-state index is 11.4. The predicted molar refractivity (Wildman–Crippen MR) is 74.8 cm³/mol. The van der Waals surface area contributed by atoms with Crippen LogP contribution in [0.3, 0.4) is 0 Å². The highest BCUT2D eigenvalue weighted by molar-refractivity contribution is 9.10. The molecule has 0 aromatic carbocycles. The molecule has 18 heavy (non-hydrogen) atoms. The van der Waals surface area contributed by atoms with Crippen molar-refractivity contribution in [3.8, 4) is 0 Å². The summed E-state index contributed by atoms with van der Waals surface area (Å²) < 4.78 is 6.10. The van der Waals surface area contributed by atoms with E-state index in [-0.39, 0.29) is 12.6 Å². The Morgan fingerprint density at radius 3 is 2.94 bits per heavy atom. The number of thiophene rings is 1. The lowest BCUT2D eigenvalue weighted by molar-refractivity contribution is 0.0910. The summed E-state index contributed by atoms with van der Waals surface area (Å²) in [6.07, 6.45) is 0.734. The van der Waals surface area contributed by atoms with Gasteiger partial charge in [-0.2, -0.15) is 0 Å². The van der Waals surface area contributed by atoms with E-state index in [1.165, 1.54) is 0 Å². The molecule has 0 unspecified atom stereocenters. The summed E-state index contributed by atoms with van der Waals surface area (Å²) in [6.45, 7) is 2.01. The van der Waals surface area contributed by atoms with E-state index in [4.69, 9.17) is 9.84 Å². The largest absolute Gasteiger partial charge is 0.394 e. The van der Waals surface area contributed by atoms with Gasteiger partial charge in [0.05, 0.1) is 19.8 Å². The van der Waals surface area contributed by atoms with Gasteiger partial charge < -0.3 is 20.5 Å². The molecule has 1 aromatic heterocycles. The molecule has 2 amide bonds. The number of hydrogen-bond acceptors (Lipinski definition) is 4. The summed E-state index contributed by atoms with van der Waals surface area (Å²) in [6, 6.07) is 1.80. The Morgan fingerprint density at radius 2 is 2.28 bits per heavy atom. The average Bonchev–Trinajstić information content (AvgIpc) is 2.77. The fourth-order valence-electron chi connectivity index (χ4n) is 1.22. The third-order valence-corrected chi connectivity index (χ3v) is 3.73. The zero-order valence-electron chi connectivity index (χ0n) is 9.95. The van der Waals surface area contributed by atoms with Crippen LogP contribution in [0, 0.1) is 0 Å². The van der Waals surface area contributed by atoms with Gasteiger partial charge in [-0.3, -0.25) is 0 Å². The second kappa shape index (κ2) is 9.32. The highest BCUT2D eigenvalue weighted by Gasteiger charge is 2.01. The lowest BCUT2D eigenvalue weighted by Gasteiger charge is -2.06. The highest BCUT2D eigenvalue weighted by atomic mass is 79.9. The Bertz CT molecular complexity index is 360. The summed E-state index contributed by atoms with van der Waals surface area (Å²) in [4.78, 5) is 12.5. The summed E-state index contributed by atoms with van der Waals surface area (Å²) >= 11 is 4.96. The smallest absolute Gasteiger partial charge is 0.315 e. The van der Waals surface area contributed by atoms with E-state index in [0.717, 1.165) is 15.8 Å². The number of aliphatic hydroxyl groups excluding tert-OH is 1. The van der Waals surface area contributed by atoms with Gasteiger partial charge in [-0.25, -0.2) is 4.79 Å². The van der Waals surface area contributed by atoms with Crippen LogP contribution in [0.25, 0.3) is 0 Å². The lowest BCUT2D eigenvalue weighted by atomic mass is 10.4. The second-order valence-electron chi connectivity index (χ2n) is 3.53. The molecule has 0 atom stereocenters. The number of amides is 2. The Morgan fingerprint density at radius 1 is 1.44 bits per heavy atom. The van der Waals surface area contributed by atoms with Crippen LogP contribution in [0.2, 0.25) is 0 Å². The molecule has 1 aromatic rings. The van der Waals surface area contributed by atoms with Crippen LogP contribution in [0.4, 0.5) is 4.79 Å². The Labute approximate surface area is 119 Å². The summed E-state index contributed by atoms with van der Waals surface area (Å²) in [5.74, 6) is 0. The molecule has 0 radical (unpaired) electrons. The van der Waals surface area contributed by atoms with Crippen molar-refractivity contribution in [2.75, 3.05) is 26.4 Å². The molecule has 1 heterocycles. The predicted octanol–water partition coefficient (Wildman–Crippen LogP) is 1.71. The number of urea groups is 1. The first kappa shape index (κ1) is 15.4. The molecular weight excluding hydrogens is 320 g/mol.